The topological polar surface area (TPSA) is 49.8 Å². The van der Waals surface area contributed by atoms with Gasteiger partial charge in [0.25, 0.3) is 0 Å². The van der Waals surface area contributed by atoms with Crippen LogP contribution in [0.4, 0.5) is 13.2 Å². The van der Waals surface area contributed by atoms with Crippen LogP contribution in [0.2, 0.25) is 0 Å². The molecular weight excluding hydrogens is 275 g/mol. The van der Waals surface area contributed by atoms with E-state index in [1.165, 1.54) is 24.3 Å². The van der Waals surface area contributed by atoms with Crippen LogP contribution in [-0.4, -0.2) is 34.9 Å². The van der Waals surface area contributed by atoms with E-state index in [9.17, 15) is 18.0 Å². The number of carboxylic acids is 1. The number of rotatable bonds is 4. The summed E-state index contributed by atoms with van der Waals surface area (Å²) in [5, 5.41) is 9.05. The molecule has 0 spiro atoms. The number of likely N-dealkylation sites (tertiary alicyclic amines) is 1. The van der Waals surface area contributed by atoms with Crippen molar-refractivity contribution in [2.75, 3.05) is 6.54 Å². The maximum atomic E-state index is 12.0. The zero-order valence-electron chi connectivity index (χ0n) is 10.6. The molecule has 1 saturated heterocycles. The first-order chi connectivity index (χ1) is 9.35. The van der Waals surface area contributed by atoms with Gasteiger partial charge in [-0.05, 0) is 37.1 Å². The Morgan fingerprint density at radius 1 is 1.35 bits per heavy atom. The number of aliphatic carboxylic acids is 1. The lowest BCUT2D eigenvalue weighted by molar-refractivity contribution is -0.274. The first-order valence-electron chi connectivity index (χ1n) is 6.17. The molecule has 1 aliphatic heterocycles. The summed E-state index contributed by atoms with van der Waals surface area (Å²) in [7, 11) is 0. The van der Waals surface area contributed by atoms with Crippen LogP contribution in [0, 0.1) is 0 Å². The van der Waals surface area contributed by atoms with Crippen LogP contribution >= 0.6 is 0 Å². The first-order valence-corrected chi connectivity index (χ1v) is 6.17. The van der Waals surface area contributed by atoms with Crippen molar-refractivity contribution in [1.29, 1.82) is 0 Å². The van der Waals surface area contributed by atoms with Crippen LogP contribution in [-0.2, 0) is 11.3 Å². The fourth-order valence-electron chi connectivity index (χ4n) is 2.33. The molecule has 4 nitrogen and oxygen atoms in total. The number of ether oxygens (including phenoxy) is 1. The van der Waals surface area contributed by atoms with Gasteiger partial charge in [-0.2, -0.15) is 0 Å². The highest BCUT2D eigenvalue weighted by Crippen LogP contribution is 2.24. The zero-order valence-corrected chi connectivity index (χ0v) is 10.6. The van der Waals surface area contributed by atoms with E-state index in [-0.39, 0.29) is 5.75 Å². The van der Waals surface area contributed by atoms with Gasteiger partial charge in [-0.3, -0.25) is 9.69 Å². The molecule has 20 heavy (non-hydrogen) atoms. The lowest BCUT2D eigenvalue weighted by Crippen LogP contribution is -2.35. The average Bonchev–Trinajstić information content (AvgIpc) is 2.78. The number of hydrogen-bond acceptors (Lipinski definition) is 3. The van der Waals surface area contributed by atoms with Crippen LogP contribution in [0.5, 0.6) is 5.75 Å². The molecule has 2 rings (SSSR count). The molecule has 0 radical (unpaired) electrons. The van der Waals surface area contributed by atoms with E-state index in [0.29, 0.717) is 19.5 Å². The van der Waals surface area contributed by atoms with E-state index in [2.05, 4.69) is 4.74 Å². The summed E-state index contributed by atoms with van der Waals surface area (Å²) < 4.78 is 39.8. The van der Waals surface area contributed by atoms with Crippen molar-refractivity contribution in [1.82, 2.24) is 4.90 Å². The smallest absolute Gasteiger partial charge is 0.480 e. The van der Waals surface area contributed by atoms with Gasteiger partial charge in [0.15, 0.2) is 0 Å². The van der Waals surface area contributed by atoms with Gasteiger partial charge in [-0.15, -0.1) is 13.2 Å². The van der Waals surface area contributed by atoms with Crippen molar-refractivity contribution in [3.63, 3.8) is 0 Å². The minimum atomic E-state index is -4.70. The lowest BCUT2D eigenvalue weighted by Gasteiger charge is -2.21. The largest absolute Gasteiger partial charge is 0.573 e. The van der Waals surface area contributed by atoms with Gasteiger partial charge in [0, 0.05) is 6.54 Å². The Labute approximate surface area is 113 Å². The number of carbonyl (C=O) groups is 1. The summed E-state index contributed by atoms with van der Waals surface area (Å²) in [5.41, 5.74) is 0.757. The minimum absolute atomic E-state index is 0.280. The first kappa shape index (κ1) is 14.6. The van der Waals surface area contributed by atoms with E-state index in [1.54, 1.807) is 0 Å². The second kappa shape index (κ2) is 5.70. The number of carboxylic acid groups (broad SMARTS) is 1. The molecular formula is C13H14F3NO3. The predicted octanol–water partition coefficient (Wildman–Crippen LogP) is 2.63. The van der Waals surface area contributed by atoms with Crippen molar-refractivity contribution in [3.8, 4) is 5.75 Å². The predicted molar refractivity (Wildman–Crippen MR) is 64.2 cm³/mol. The van der Waals surface area contributed by atoms with Crippen LogP contribution < -0.4 is 4.74 Å². The second-order valence-corrected chi connectivity index (χ2v) is 4.66. The molecule has 1 heterocycles. The average molecular weight is 289 g/mol. The van der Waals surface area contributed by atoms with E-state index in [0.717, 1.165) is 12.0 Å². The monoisotopic (exact) mass is 289 g/mol. The van der Waals surface area contributed by atoms with Gasteiger partial charge >= 0.3 is 12.3 Å². The molecule has 0 saturated carbocycles. The molecule has 1 unspecified atom stereocenters. The highest BCUT2D eigenvalue weighted by molar-refractivity contribution is 5.73. The highest BCUT2D eigenvalue weighted by atomic mass is 19.4. The number of alkyl halides is 3. The molecule has 7 heteroatoms. The molecule has 0 amide bonds. The van der Waals surface area contributed by atoms with Crippen molar-refractivity contribution in [2.45, 2.75) is 31.8 Å². The van der Waals surface area contributed by atoms with Crippen molar-refractivity contribution in [3.05, 3.63) is 29.8 Å². The molecule has 1 aromatic rings. The number of nitrogens with zero attached hydrogens (tertiary/aromatic N) is 1. The Morgan fingerprint density at radius 3 is 2.55 bits per heavy atom. The maximum absolute atomic E-state index is 12.0. The number of hydrogen-bond donors (Lipinski definition) is 1. The fraction of sp³-hybridized carbons (Fsp3) is 0.462. The standard InChI is InChI=1S/C13H14F3NO3/c14-13(15,16)20-10-5-3-9(4-6-10)8-17-7-1-2-11(17)12(18)19/h3-6,11H,1-2,7-8H2,(H,18,19). The SMILES string of the molecule is O=C(O)C1CCCN1Cc1ccc(OC(F)(F)F)cc1. The fourth-order valence-corrected chi connectivity index (χ4v) is 2.33. The third kappa shape index (κ3) is 3.86. The maximum Gasteiger partial charge on any atom is 0.573 e. The van der Waals surface area contributed by atoms with Gasteiger partial charge in [0.2, 0.25) is 0 Å². The van der Waals surface area contributed by atoms with E-state index >= 15 is 0 Å². The number of halogens is 3. The second-order valence-electron chi connectivity index (χ2n) is 4.66. The van der Waals surface area contributed by atoms with E-state index in [4.69, 9.17) is 5.11 Å². The van der Waals surface area contributed by atoms with Crippen LogP contribution in [0.3, 0.4) is 0 Å². The van der Waals surface area contributed by atoms with Crippen LogP contribution in [0.25, 0.3) is 0 Å². The Balaban J connectivity index is 1.98. The summed E-state index contributed by atoms with van der Waals surface area (Å²) in [6.07, 6.45) is -3.29. The Kier molecular flexibility index (Phi) is 4.17. The molecule has 0 aliphatic carbocycles. The molecule has 0 aromatic heterocycles. The third-order valence-corrected chi connectivity index (χ3v) is 3.19. The van der Waals surface area contributed by atoms with Gasteiger partial charge in [0.05, 0.1) is 0 Å². The lowest BCUT2D eigenvalue weighted by atomic mass is 10.2. The van der Waals surface area contributed by atoms with Crippen LogP contribution in [0.15, 0.2) is 24.3 Å². The van der Waals surface area contributed by atoms with Crippen molar-refractivity contribution >= 4 is 5.97 Å². The summed E-state index contributed by atoms with van der Waals surface area (Å²) in [4.78, 5) is 12.8. The highest BCUT2D eigenvalue weighted by Gasteiger charge is 2.32. The minimum Gasteiger partial charge on any atom is -0.480 e. The molecule has 1 aliphatic rings. The Hall–Kier alpha value is -1.76. The van der Waals surface area contributed by atoms with Gasteiger partial charge in [-0.25, -0.2) is 0 Å². The van der Waals surface area contributed by atoms with E-state index in [1.807, 2.05) is 4.90 Å². The van der Waals surface area contributed by atoms with Gasteiger partial charge in [-0.1, -0.05) is 12.1 Å². The molecule has 1 atom stereocenters. The normalized spacial score (nSPS) is 20.1. The van der Waals surface area contributed by atoms with Gasteiger partial charge in [0.1, 0.15) is 11.8 Å². The summed E-state index contributed by atoms with van der Waals surface area (Å²) in [6.45, 7) is 1.08. The zero-order chi connectivity index (χ0) is 14.8. The van der Waals surface area contributed by atoms with E-state index < -0.39 is 18.4 Å². The summed E-state index contributed by atoms with van der Waals surface area (Å²) in [6, 6.07) is 4.97. The third-order valence-electron chi connectivity index (χ3n) is 3.19. The molecule has 1 fully saturated rings. The Morgan fingerprint density at radius 2 is 2.00 bits per heavy atom. The number of benzene rings is 1. The van der Waals surface area contributed by atoms with Crippen molar-refractivity contribution in [2.24, 2.45) is 0 Å². The van der Waals surface area contributed by atoms with Crippen LogP contribution in [0.1, 0.15) is 18.4 Å². The summed E-state index contributed by atoms with van der Waals surface area (Å²) >= 11 is 0. The molecule has 1 N–H and O–H groups in total. The quantitative estimate of drug-likeness (QED) is 0.925. The summed E-state index contributed by atoms with van der Waals surface area (Å²) in [5.74, 6) is -1.14. The van der Waals surface area contributed by atoms with Crippen molar-refractivity contribution < 1.29 is 27.8 Å². The Bertz CT molecular complexity index is 473. The molecule has 1 aromatic carbocycles. The molecule has 0 bridgehead atoms. The van der Waals surface area contributed by atoms with Gasteiger partial charge < -0.3 is 9.84 Å². The molecule has 110 valence electrons.